The summed E-state index contributed by atoms with van der Waals surface area (Å²) >= 11 is 7.47. The van der Waals surface area contributed by atoms with Crippen molar-refractivity contribution in [2.45, 2.75) is 38.6 Å². The van der Waals surface area contributed by atoms with Crippen LogP contribution in [-0.4, -0.2) is 46.8 Å². The number of amides is 1. The minimum atomic E-state index is -0.367. The smallest absolute Gasteiger partial charge is 0.259 e. The molecular formula is C21H25ClN6O2S. The maximum atomic E-state index is 13.1. The van der Waals surface area contributed by atoms with Gasteiger partial charge in [-0.15, -0.1) is 5.10 Å². The Labute approximate surface area is 190 Å². The van der Waals surface area contributed by atoms with Gasteiger partial charge in [0.2, 0.25) is 0 Å². The highest BCUT2D eigenvalue weighted by Gasteiger charge is 2.20. The molecule has 2 heterocycles. The highest BCUT2D eigenvalue weighted by molar-refractivity contribution is 8.13. The number of hydrogen-bond acceptors (Lipinski definition) is 8. The van der Waals surface area contributed by atoms with Gasteiger partial charge in [-0.3, -0.25) is 15.1 Å². The molecule has 0 aliphatic heterocycles. The second-order valence-electron chi connectivity index (χ2n) is 7.05. The molecule has 1 fully saturated rings. The van der Waals surface area contributed by atoms with Crippen molar-refractivity contribution in [3.05, 3.63) is 40.9 Å². The van der Waals surface area contributed by atoms with Gasteiger partial charge in [0, 0.05) is 41.7 Å². The van der Waals surface area contributed by atoms with Crippen molar-refractivity contribution >= 4 is 41.2 Å². The molecular weight excluding hydrogens is 436 g/mol. The third kappa shape index (κ3) is 6.25. The summed E-state index contributed by atoms with van der Waals surface area (Å²) in [6.07, 6.45) is 7.89. The number of aromatic nitrogens is 2. The second kappa shape index (κ2) is 11.2. The topological polar surface area (TPSA) is 101 Å². The first-order valence-electron chi connectivity index (χ1n) is 9.89. The molecule has 31 heavy (non-hydrogen) atoms. The predicted molar refractivity (Wildman–Crippen MR) is 126 cm³/mol. The van der Waals surface area contributed by atoms with Crippen LogP contribution in [0.5, 0.6) is 5.75 Å². The zero-order valence-corrected chi connectivity index (χ0v) is 19.1. The molecule has 3 rings (SSSR count). The molecule has 0 aromatic carbocycles. The van der Waals surface area contributed by atoms with Gasteiger partial charge in [-0.25, -0.2) is 4.98 Å². The molecule has 1 amide bonds. The Morgan fingerprint density at radius 1 is 1.29 bits per heavy atom. The van der Waals surface area contributed by atoms with Gasteiger partial charge >= 0.3 is 0 Å². The van der Waals surface area contributed by atoms with Gasteiger partial charge in [-0.1, -0.05) is 36.2 Å². The summed E-state index contributed by atoms with van der Waals surface area (Å²) in [5, 5.41) is 14.5. The second-order valence-corrected chi connectivity index (χ2v) is 8.40. The van der Waals surface area contributed by atoms with Gasteiger partial charge in [-0.2, -0.15) is 5.10 Å². The molecule has 8 nitrogen and oxygen atoms in total. The van der Waals surface area contributed by atoms with Crippen LogP contribution < -0.4 is 15.4 Å². The summed E-state index contributed by atoms with van der Waals surface area (Å²) in [6, 6.07) is 3.98. The number of ether oxygens (including phenoxy) is 1. The molecule has 0 atom stereocenters. The fraction of sp³-hybridized carbons (Fsp3) is 0.381. The number of carbonyl (C=O) groups is 1. The number of hydrogen-bond donors (Lipinski definition) is 2. The van der Waals surface area contributed by atoms with Crippen LogP contribution in [0.25, 0.3) is 11.1 Å². The summed E-state index contributed by atoms with van der Waals surface area (Å²) in [6.45, 7) is 5.25. The lowest BCUT2D eigenvalue weighted by Crippen LogP contribution is -2.32. The van der Waals surface area contributed by atoms with Crippen LogP contribution in [0.4, 0.5) is 0 Å². The normalized spacial score (nSPS) is 14.5. The number of pyridine rings is 2. The molecule has 2 aromatic heterocycles. The SMILES string of the molecule is C=N/N=C(/NC(=O)c1cnc(C)cc1-c1cc(Cl)ncc1OC)SCNC1CCCC1. The molecule has 1 aliphatic carbocycles. The molecule has 0 bridgehead atoms. The third-order valence-corrected chi connectivity index (χ3v) is 5.92. The van der Waals surface area contributed by atoms with Gasteiger partial charge < -0.3 is 10.1 Å². The number of nitrogens with one attached hydrogen (secondary N) is 2. The largest absolute Gasteiger partial charge is 0.494 e. The average Bonchev–Trinajstić information content (AvgIpc) is 3.27. The highest BCUT2D eigenvalue weighted by atomic mass is 35.5. The van der Waals surface area contributed by atoms with Crippen molar-refractivity contribution in [1.29, 1.82) is 0 Å². The van der Waals surface area contributed by atoms with Crippen LogP contribution in [0, 0.1) is 6.92 Å². The quantitative estimate of drug-likeness (QED) is 0.212. The summed E-state index contributed by atoms with van der Waals surface area (Å²) < 4.78 is 5.42. The van der Waals surface area contributed by atoms with Gasteiger partial charge in [-0.05, 0) is 31.9 Å². The van der Waals surface area contributed by atoms with Gasteiger partial charge in [0.25, 0.3) is 5.91 Å². The van der Waals surface area contributed by atoms with E-state index < -0.39 is 0 Å². The molecule has 0 spiro atoms. The van der Waals surface area contributed by atoms with Gasteiger partial charge in [0.15, 0.2) is 5.17 Å². The monoisotopic (exact) mass is 460 g/mol. The Balaban J connectivity index is 1.81. The van der Waals surface area contributed by atoms with Crippen LogP contribution in [0.15, 0.2) is 34.7 Å². The van der Waals surface area contributed by atoms with Crippen LogP contribution in [-0.2, 0) is 0 Å². The van der Waals surface area contributed by atoms with E-state index in [0.29, 0.717) is 44.7 Å². The Morgan fingerprint density at radius 2 is 2.06 bits per heavy atom. The first-order valence-corrected chi connectivity index (χ1v) is 11.3. The molecule has 0 radical (unpaired) electrons. The Hall–Kier alpha value is -2.49. The fourth-order valence-corrected chi connectivity index (χ4v) is 4.32. The first kappa shape index (κ1) is 23.2. The predicted octanol–water partition coefficient (Wildman–Crippen LogP) is 4.04. The zero-order valence-electron chi connectivity index (χ0n) is 17.5. The summed E-state index contributed by atoms with van der Waals surface area (Å²) in [5.41, 5.74) is 2.38. The maximum absolute atomic E-state index is 13.1. The van der Waals surface area contributed by atoms with E-state index in [1.165, 1.54) is 56.9 Å². The maximum Gasteiger partial charge on any atom is 0.259 e. The molecule has 10 heteroatoms. The first-order chi connectivity index (χ1) is 15.0. The van der Waals surface area contributed by atoms with Gasteiger partial charge in [0.1, 0.15) is 10.9 Å². The standard InChI is InChI=1S/C21H25ClN6O2S/c1-13-8-15(16-9-19(22)25-11-18(16)30-3)17(10-24-13)20(29)27-21(28-23-2)31-12-26-14-6-4-5-7-14/h8-11,14,26H,2,4-7,12H2,1,3H3,(H,27,28,29). The van der Waals surface area contributed by atoms with Crippen molar-refractivity contribution in [3.63, 3.8) is 0 Å². The van der Waals surface area contributed by atoms with E-state index in [9.17, 15) is 4.79 Å². The third-order valence-electron chi connectivity index (χ3n) is 4.95. The van der Waals surface area contributed by atoms with E-state index in [1.54, 1.807) is 12.1 Å². The van der Waals surface area contributed by atoms with E-state index >= 15 is 0 Å². The molecule has 1 aliphatic rings. The van der Waals surface area contributed by atoms with Crippen LogP contribution >= 0.6 is 23.4 Å². The minimum Gasteiger partial charge on any atom is -0.494 e. The molecule has 164 valence electrons. The lowest BCUT2D eigenvalue weighted by Gasteiger charge is -2.15. The van der Waals surface area contributed by atoms with Crippen molar-refractivity contribution in [1.82, 2.24) is 20.6 Å². The summed E-state index contributed by atoms with van der Waals surface area (Å²) in [7, 11) is 1.54. The van der Waals surface area contributed by atoms with Crippen molar-refractivity contribution in [2.24, 2.45) is 10.2 Å². The number of aryl methyl sites for hydroxylation is 1. The molecule has 2 aromatic rings. The number of carbonyl (C=O) groups excluding carboxylic acids is 1. The number of thioether (sulfide) groups is 1. The van der Waals surface area contributed by atoms with E-state index in [2.05, 4.69) is 37.5 Å². The average molecular weight is 461 g/mol. The Kier molecular flexibility index (Phi) is 8.39. The van der Waals surface area contributed by atoms with Crippen LogP contribution in [0.3, 0.4) is 0 Å². The minimum absolute atomic E-state index is 0.295. The summed E-state index contributed by atoms with van der Waals surface area (Å²) in [5.74, 6) is 0.751. The highest BCUT2D eigenvalue weighted by Crippen LogP contribution is 2.33. The molecule has 1 saturated carbocycles. The van der Waals surface area contributed by atoms with Crippen LogP contribution in [0.1, 0.15) is 41.7 Å². The molecule has 0 unspecified atom stereocenters. The Bertz CT molecular complexity index is 978. The van der Waals surface area contributed by atoms with Crippen molar-refractivity contribution in [2.75, 3.05) is 13.0 Å². The number of nitrogens with zero attached hydrogens (tertiary/aromatic N) is 4. The lowest BCUT2D eigenvalue weighted by molar-refractivity contribution is 0.0978. The van der Waals surface area contributed by atoms with E-state index in [-0.39, 0.29) is 5.91 Å². The molecule has 2 N–H and O–H groups in total. The van der Waals surface area contributed by atoms with Crippen molar-refractivity contribution in [3.8, 4) is 16.9 Å². The summed E-state index contributed by atoms with van der Waals surface area (Å²) in [4.78, 5) is 21.5. The number of rotatable bonds is 7. The van der Waals surface area contributed by atoms with E-state index in [1.807, 2.05) is 6.92 Å². The Morgan fingerprint density at radius 3 is 2.77 bits per heavy atom. The number of amidine groups is 1. The lowest BCUT2D eigenvalue weighted by atomic mass is 10.0. The number of halogens is 1. The molecule has 0 saturated heterocycles. The zero-order chi connectivity index (χ0) is 22.2. The van der Waals surface area contributed by atoms with Crippen LogP contribution in [0.2, 0.25) is 5.15 Å². The van der Waals surface area contributed by atoms with Crippen molar-refractivity contribution < 1.29 is 9.53 Å². The fourth-order valence-electron chi connectivity index (χ4n) is 3.43. The van der Waals surface area contributed by atoms with Gasteiger partial charge in [0.05, 0.1) is 18.9 Å². The number of methoxy groups -OCH3 is 1. The van der Waals surface area contributed by atoms with E-state index in [4.69, 9.17) is 16.3 Å². The van der Waals surface area contributed by atoms with E-state index in [0.717, 1.165) is 5.69 Å².